The van der Waals surface area contributed by atoms with E-state index in [0.717, 1.165) is 103 Å². The summed E-state index contributed by atoms with van der Waals surface area (Å²) in [5, 5.41) is 0. The lowest BCUT2D eigenvalue weighted by Crippen LogP contribution is -2.30. The summed E-state index contributed by atoms with van der Waals surface area (Å²) in [7, 11) is 0. The Kier molecular flexibility index (Phi) is 51.9. The first-order chi connectivity index (χ1) is 32.5. The van der Waals surface area contributed by atoms with Crippen molar-refractivity contribution in [3.8, 4) is 0 Å². The van der Waals surface area contributed by atoms with Gasteiger partial charge in [0, 0.05) is 19.3 Å². The zero-order valence-electron chi connectivity index (χ0n) is 43.4. The first-order valence-corrected chi connectivity index (χ1v) is 27.9. The minimum Gasteiger partial charge on any atom is -0.462 e. The van der Waals surface area contributed by atoms with Crippen LogP contribution in [-0.4, -0.2) is 37.2 Å². The Labute approximate surface area is 408 Å². The van der Waals surface area contributed by atoms with Gasteiger partial charge in [-0.1, -0.05) is 216 Å². The lowest BCUT2D eigenvalue weighted by atomic mass is 10.1. The summed E-state index contributed by atoms with van der Waals surface area (Å²) in [6.07, 6.45) is 68.8. The summed E-state index contributed by atoms with van der Waals surface area (Å²) >= 11 is 0. The normalized spacial score (nSPS) is 12.6. The average molecular weight is 921 g/mol. The molecule has 0 aromatic rings. The van der Waals surface area contributed by atoms with Gasteiger partial charge in [0.1, 0.15) is 13.2 Å². The van der Waals surface area contributed by atoms with Gasteiger partial charge in [0.2, 0.25) is 0 Å². The molecule has 0 spiro atoms. The highest BCUT2D eigenvalue weighted by atomic mass is 16.6. The second-order valence-corrected chi connectivity index (χ2v) is 18.5. The lowest BCUT2D eigenvalue weighted by Gasteiger charge is -2.18. The van der Waals surface area contributed by atoms with E-state index in [1.165, 1.54) is 128 Å². The number of ether oxygens (including phenoxy) is 3. The third-order valence-corrected chi connectivity index (χ3v) is 11.9. The fourth-order valence-corrected chi connectivity index (χ4v) is 7.64. The second-order valence-electron chi connectivity index (χ2n) is 18.5. The maximum absolute atomic E-state index is 12.8. The highest BCUT2D eigenvalue weighted by Crippen LogP contribution is 2.14. The Morgan fingerprint density at radius 1 is 0.303 bits per heavy atom. The standard InChI is InChI=1S/C60H104O6/c1-4-7-10-13-16-19-22-25-28-30-32-35-38-41-44-47-50-53-59(62)65-56-57(55-64-58(61)52-49-46-43-40-37-34-27-24-21-18-15-12-9-6-3)66-60(63)54-51-48-45-42-39-36-33-31-29-26-23-20-17-14-11-8-5-2/h15-20,24-29,57H,4-14,21-23,30-56H2,1-3H3/b18-15-,19-16-,20-17-,27-24-,28-25-,29-26-. The Morgan fingerprint density at radius 2 is 0.561 bits per heavy atom. The van der Waals surface area contributed by atoms with E-state index in [9.17, 15) is 14.4 Å². The van der Waals surface area contributed by atoms with Crippen LogP contribution in [0.4, 0.5) is 0 Å². The van der Waals surface area contributed by atoms with E-state index in [-0.39, 0.29) is 31.1 Å². The molecular formula is C60H104O6. The molecule has 0 bridgehead atoms. The van der Waals surface area contributed by atoms with Gasteiger partial charge in [0.05, 0.1) is 0 Å². The van der Waals surface area contributed by atoms with Crippen LogP contribution < -0.4 is 0 Å². The van der Waals surface area contributed by atoms with Crippen molar-refractivity contribution in [3.63, 3.8) is 0 Å². The molecule has 0 fully saturated rings. The van der Waals surface area contributed by atoms with Crippen molar-refractivity contribution < 1.29 is 28.6 Å². The highest BCUT2D eigenvalue weighted by Gasteiger charge is 2.19. The van der Waals surface area contributed by atoms with Gasteiger partial charge in [0.25, 0.3) is 0 Å². The Balaban J connectivity index is 4.42. The van der Waals surface area contributed by atoms with Crippen LogP contribution in [-0.2, 0) is 28.6 Å². The number of rotatable bonds is 50. The summed E-state index contributed by atoms with van der Waals surface area (Å²) in [5.74, 6) is -0.911. The number of hydrogen-bond donors (Lipinski definition) is 0. The number of hydrogen-bond acceptors (Lipinski definition) is 6. The molecule has 6 nitrogen and oxygen atoms in total. The maximum atomic E-state index is 12.8. The Bertz CT molecular complexity index is 1240. The van der Waals surface area contributed by atoms with Gasteiger partial charge < -0.3 is 14.2 Å². The summed E-state index contributed by atoms with van der Waals surface area (Å²) < 4.78 is 16.8. The minimum absolute atomic E-state index is 0.0872. The maximum Gasteiger partial charge on any atom is 0.306 e. The monoisotopic (exact) mass is 921 g/mol. The summed E-state index contributed by atoms with van der Waals surface area (Å²) in [6, 6.07) is 0. The van der Waals surface area contributed by atoms with Gasteiger partial charge >= 0.3 is 17.9 Å². The van der Waals surface area contributed by atoms with Gasteiger partial charge in [-0.15, -0.1) is 0 Å². The Hall–Kier alpha value is -3.15. The molecule has 0 N–H and O–H groups in total. The molecular weight excluding hydrogens is 817 g/mol. The van der Waals surface area contributed by atoms with Gasteiger partial charge in [-0.25, -0.2) is 0 Å². The van der Waals surface area contributed by atoms with Gasteiger partial charge in [-0.3, -0.25) is 14.4 Å². The number of esters is 3. The summed E-state index contributed by atoms with van der Waals surface area (Å²) in [6.45, 7) is 6.54. The van der Waals surface area contributed by atoms with Gasteiger partial charge in [-0.05, 0) is 109 Å². The molecule has 1 atom stereocenters. The van der Waals surface area contributed by atoms with E-state index < -0.39 is 6.10 Å². The number of unbranched alkanes of at least 4 members (excludes halogenated alkanes) is 27. The van der Waals surface area contributed by atoms with E-state index in [2.05, 4.69) is 93.7 Å². The fourth-order valence-electron chi connectivity index (χ4n) is 7.64. The van der Waals surface area contributed by atoms with E-state index in [1.54, 1.807) is 0 Å². The molecule has 0 radical (unpaired) electrons. The van der Waals surface area contributed by atoms with E-state index in [1.807, 2.05) is 0 Å². The van der Waals surface area contributed by atoms with E-state index in [4.69, 9.17) is 14.2 Å². The van der Waals surface area contributed by atoms with Crippen LogP contribution in [0.5, 0.6) is 0 Å². The molecule has 1 unspecified atom stereocenters. The lowest BCUT2D eigenvalue weighted by molar-refractivity contribution is -0.167. The third-order valence-electron chi connectivity index (χ3n) is 11.9. The summed E-state index contributed by atoms with van der Waals surface area (Å²) in [4.78, 5) is 38.1. The van der Waals surface area contributed by atoms with Crippen molar-refractivity contribution in [1.82, 2.24) is 0 Å². The molecule has 0 aliphatic carbocycles. The first-order valence-electron chi connectivity index (χ1n) is 27.9. The van der Waals surface area contributed by atoms with Crippen molar-refractivity contribution >= 4 is 17.9 Å². The highest BCUT2D eigenvalue weighted by molar-refractivity contribution is 5.71. The van der Waals surface area contributed by atoms with E-state index >= 15 is 0 Å². The van der Waals surface area contributed by atoms with Crippen LogP contribution in [0.25, 0.3) is 0 Å². The molecule has 0 heterocycles. The molecule has 0 amide bonds. The second kappa shape index (κ2) is 54.5. The van der Waals surface area contributed by atoms with Crippen LogP contribution >= 0.6 is 0 Å². The molecule has 0 aliphatic rings. The first kappa shape index (κ1) is 62.8. The fraction of sp³-hybridized carbons (Fsp3) is 0.750. The third kappa shape index (κ3) is 51.8. The van der Waals surface area contributed by atoms with Crippen LogP contribution in [0.2, 0.25) is 0 Å². The quantitative estimate of drug-likeness (QED) is 0.0262. The molecule has 0 saturated carbocycles. The van der Waals surface area contributed by atoms with Crippen molar-refractivity contribution in [3.05, 3.63) is 72.9 Å². The van der Waals surface area contributed by atoms with Gasteiger partial charge in [0.15, 0.2) is 6.10 Å². The SMILES string of the molecule is CCCC/C=C\C/C=C\CCCCCCCC(=O)OCC(COC(=O)CCCCCCCCC/C=C\C/C=C\CCCCC)OC(=O)CCCCCCCCC/C=C\C/C=C\CCCCC. The average Bonchev–Trinajstić information content (AvgIpc) is 3.31. The summed E-state index contributed by atoms with van der Waals surface area (Å²) in [5.41, 5.74) is 0. The van der Waals surface area contributed by atoms with E-state index in [0.29, 0.717) is 19.3 Å². The van der Waals surface area contributed by atoms with Crippen molar-refractivity contribution in [2.24, 2.45) is 0 Å². The molecule has 0 saturated heterocycles. The Morgan fingerprint density at radius 3 is 0.879 bits per heavy atom. The predicted octanol–water partition coefficient (Wildman–Crippen LogP) is 18.6. The molecule has 6 heteroatoms. The predicted molar refractivity (Wildman–Crippen MR) is 284 cm³/mol. The van der Waals surface area contributed by atoms with Crippen molar-refractivity contribution in [2.45, 2.75) is 277 Å². The van der Waals surface area contributed by atoms with Crippen molar-refractivity contribution in [2.75, 3.05) is 13.2 Å². The molecule has 0 aromatic heterocycles. The topological polar surface area (TPSA) is 78.9 Å². The van der Waals surface area contributed by atoms with Crippen LogP contribution in [0.1, 0.15) is 271 Å². The molecule has 66 heavy (non-hydrogen) atoms. The number of carbonyl (C=O) groups is 3. The smallest absolute Gasteiger partial charge is 0.306 e. The molecule has 0 rings (SSSR count). The van der Waals surface area contributed by atoms with Crippen LogP contribution in [0.15, 0.2) is 72.9 Å². The largest absolute Gasteiger partial charge is 0.462 e. The number of carbonyl (C=O) groups excluding carboxylic acids is 3. The van der Waals surface area contributed by atoms with Gasteiger partial charge in [-0.2, -0.15) is 0 Å². The zero-order valence-corrected chi connectivity index (χ0v) is 43.4. The molecule has 0 aliphatic heterocycles. The van der Waals surface area contributed by atoms with Crippen LogP contribution in [0.3, 0.4) is 0 Å². The molecule has 380 valence electrons. The number of allylic oxidation sites excluding steroid dienone is 12. The minimum atomic E-state index is -0.789. The van der Waals surface area contributed by atoms with Crippen LogP contribution in [0, 0.1) is 0 Å². The van der Waals surface area contributed by atoms with Crippen molar-refractivity contribution in [1.29, 1.82) is 0 Å². The zero-order chi connectivity index (χ0) is 47.9. The molecule has 0 aromatic carbocycles.